The van der Waals surface area contributed by atoms with Crippen molar-refractivity contribution in [1.29, 1.82) is 0 Å². The van der Waals surface area contributed by atoms with Gasteiger partial charge in [0.05, 0.1) is 0 Å². The van der Waals surface area contributed by atoms with E-state index in [9.17, 15) is 12.8 Å². The van der Waals surface area contributed by atoms with E-state index in [-0.39, 0.29) is 16.4 Å². The highest BCUT2D eigenvalue weighted by Gasteiger charge is 2.30. The molecule has 3 nitrogen and oxygen atoms in total. The smallest absolute Gasteiger partial charge is 0.208 e. The van der Waals surface area contributed by atoms with Crippen LogP contribution in [-0.4, -0.2) is 14.5 Å². The van der Waals surface area contributed by atoms with Gasteiger partial charge in [0, 0.05) is 6.04 Å². The van der Waals surface area contributed by atoms with Crippen molar-refractivity contribution in [2.45, 2.75) is 50.0 Å². The molecule has 0 aromatic heterocycles. The van der Waals surface area contributed by atoms with E-state index in [2.05, 4.69) is 4.72 Å². The van der Waals surface area contributed by atoms with Crippen LogP contribution in [0.5, 0.6) is 0 Å². The second kappa shape index (κ2) is 4.31. The molecule has 0 spiro atoms. The van der Waals surface area contributed by atoms with Crippen LogP contribution >= 0.6 is 0 Å². The van der Waals surface area contributed by atoms with Crippen LogP contribution in [0, 0.1) is 5.82 Å². The number of hydrogen-bond donors (Lipinski definition) is 1. The first-order valence-corrected chi connectivity index (χ1v) is 7.51. The van der Waals surface area contributed by atoms with Gasteiger partial charge in [0.2, 0.25) is 10.0 Å². The van der Waals surface area contributed by atoms with Crippen molar-refractivity contribution in [3.63, 3.8) is 0 Å². The van der Waals surface area contributed by atoms with Gasteiger partial charge in [-0.1, -0.05) is 26.8 Å². The Balaban J connectivity index is 2.42. The van der Waals surface area contributed by atoms with Gasteiger partial charge in [-0.15, -0.1) is 0 Å². The zero-order chi connectivity index (χ0) is 13.6. The fourth-order valence-corrected chi connectivity index (χ4v) is 3.07. The molecule has 0 saturated heterocycles. The Bertz CT molecular complexity index is 557. The number of sulfonamides is 1. The molecule has 0 atom stereocenters. The molecule has 1 aromatic carbocycles. The molecule has 100 valence electrons. The van der Waals surface area contributed by atoms with Crippen molar-refractivity contribution < 1.29 is 12.8 Å². The first kappa shape index (κ1) is 13.5. The molecule has 2 rings (SSSR count). The minimum absolute atomic E-state index is 0.0207. The van der Waals surface area contributed by atoms with Crippen molar-refractivity contribution in [2.75, 3.05) is 0 Å². The fourth-order valence-electron chi connectivity index (χ4n) is 1.66. The van der Waals surface area contributed by atoms with Crippen LogP contribution in [0.1, 0.15) is 39.2 Å². The SMILES string of the molecule is CC(C)(C)c1ccc(F)c(S(=O)(=O)NC2CC2)c1. The predicted molar refractivity (Wildman–Crippen MR) is 68.4 cm³/mol. The third-order valence-corrected chi connectivity index (χ3v) is 4.52. The van der Waals surface area contributed by atoms with E-state index in [1.54, 1.807) is 6.07 Å². The van der Waals surface area contributed by atoms with Crippen LogP contribution < -0.4 is 4.72 Å². The second-order valence-corrected chi connectivity index (χ2v) is 7.47. The predicted octanol–water partition coefficient (Wildman–Crippen LogP) is 2.56. The molecule has 18 heavy (non-hydrogen) atoms. The maximum atomic E-state index is 13.7. The number of halogens is 1. The molecule has 1 saturated carbocycles. The minimum Gasteiger partial charge on any atom is -0.208 e. The standard InChI is InChI=1S/C13H18FNO2S/c1-13(2,3)9-4-7-11(14)12(8-9)18(16,17)15-10-5-6-10/h4,7-8,10,15H,5-6H2,1-3H3. The highest BCUT2D eigenvalue weighted by Crippen LogP contribution is 2.28. The molecule has 0 aliphatic heterocycles. The maximum Gasteiger partial charge on any atom is 0.243 e. The zero-order valence-corrected chi connectivity index (χ0v) is 11.6. The van der Waals surface area contributed by atoms with Crippen LogP contribution in [0.2, 0.25) is 0 Å². The summed E-state index contributed by atoms with van der Waals surface area (Å²) in [6.07, 6.45) is 1.67. The van der Waals surface area contributed by atoms with Gasteiger partial charge in [-0.25, -0.2) is 17.5 Å². The van der Waals surface area contributed by atoms with Gasteiger partial charge in [-0.3, -0.25) is 0 Å². The first-order chi connectivity index (χ1) is 8.20. The average Bonchev–Trinajstić information content (AvgIpc) is 2.99. The summed E-state index contributed by atoms with van der Waals surface area (Å²) in [5.41, 5.74) is 0.595. The molecule has 0 amide bonds. The van der Waals surface area contributed by atoms with Crippen molar-refractivity contribution >= 4 is 10.0 Å². The number of hydrogen-bond acceptors (Lipinski definition) is 2. The largest absolute Gasteiger partial charge is 0.243 e. The van der Waals surface area contributed by atoms with Crippen molar-refractivity contribution in [2.24, 2.45) is 0 Å². The van der Waals surface area contributed by atoms with Crippen LogP contribution in [0.3, 0.4) is 0 Å². The van der Waals surface area contributed by atoms with Crippen LogP contribution in [0.4, 0.5) is 4.39 Å². The molecule has 1 fully saturated rings. The van der Waals surface area contributed by atoms with Crippen LogP contribution in [0.15, 0.2) is 23.1 Å². The highest BCUT2D eigenvalue weighted by atomic mass is 32.2. The quantitative estimate of drug-likeness (QED) is 0.918. The Kier molecular flexibility index (Phi) is 3.23. The van der Waals surface area contributed by atoms with Crippen molar-refractivity contribution in [3.8, 4) is 0 Å². The van der Waals surface area contributed by atoms with E-state index in [4.69, 9.17) is 0 Å². The van der Waals surface area contributed by atoms with E-state index in [0.717, 1.165) is 18.4 Å². The maximum absolute atomic E-state index is 13.7. The molecule has 0 bridgehead atoms. The Morgan fingerprint density at radius 2 is 1.89 bits per heavy atom. The third kappa shape index (κ3) is 2.90. The van der Waals surface area contributed by atoms with E-state index in [1.165, 1.54) is 12.1 Å². The zero-order valence-electron chi connectivity index (χ0n) is 10.8. The molecule has 5 heteroatoms. The summed E-state index contributed by atoms with van der Waals surface area (Å²) in [5, 5.41) is 0. The minimum atomic E-state index is -3.74. The lowest BCUT2D eigenvalue weighted by molar-refractivity contribution is 0.547. The summed E-state index contributed by atoms with van der Waals surface area (Å²) in [4.78, 5) is -0.248. The lowest BCUT2D eigenvalue weighted by atomic mass is 9.87. The number of nitrogens with one attached hydrogen (secondary N) is 1. The average molecular weight is 271 g/mol. The van der Waals surface area contributed by atoms with E-state index in [0.29, 0.717) is 0 Å². The molecule has 1 N–H and O–H groups in total. The monoisotopic (exact) mass is 271 g/mol. The van der Waals surface area contributed by atoms with Gasteiger partial charge in [0.1, 0.15) is 10.7 Å². The Labute approximate surface area is 107 Å². The van der Waals surface area contributed by atoms with Crippen molar-refractivity contribution in [3.05, 3.63) is 29.6 Å². The van der Waals surface area contributed by atoms with Crippen LogP contribution in [-0.2, 0) is 15.4 Å². The summed E-state index contributed by atoms with van der Waals surface area (Å²) >= 11 is 0. The molecule has 1 aliphatic rings. The summed E-state index contributed by atoms with van der Waals surface area (Å²) < 4.78 is 40.3. The van der Waals surface area contributed by atoms with Gasteiger partial charge in [0.25, 0.3) is 0 Å². The molecule has 0 radical (unpaired) electrons. The summed E-state index contributed by atoms with van der Waals surface area (Å²) in [5.74, 6) is -0.698. The molecular weight excluding hydrogens is 253 g/mol. The molecule has 1 aromatic rings. The van der Waals surface area contributed by atoms with Gasteiger partial charge in [-0.2, -0.15) is 0 Å². The lowest BCUT2D eigenvalue weighted by Gasteiger charge is -2.20. The Morgan fingerprint density at radius 3 is 2.39 bits per heavy atom. The first-order valence-electron chi connectivity index (χ1n) is 6.02. The number of rotatable bonds is 3. The third-order valence-electron chi connectivity index (χ3n) is 2.99. The van der Waals surface area contributed by atoms with Gasteiger partial charge < -0.3 is 0 Å². The van der Waals surface area contributed by atoms with E-state index in [1.807, 2.05) is 20.8 Å². The lowest BCUT2D eigenvalue weighted by Crippen LogP contribution is -2.27. The fraction of sp³-hybridized carbons (Fsp3) is 0.538. The summed E-state index contributed by atoms with van der Waals surface area (Å²) in [6.45, 7) is 5.89. The highest BCUT2D eigenvalue weighted by molar-refractivity contribution is 7.89. The topological polar surface area (TPSA) is 46.2 Å². The van der Waals surface area contributed by atoms with Crippen molar-refractivity contribution in [1.82, 2.24) is 4.72 Å². The molecule has 0 unspecified atom stereocenters. The Hall–Kier alpha value is -0.940. The Morgan fingerprint density at radius 1 is 1.28 bits per heavy atom. The van der Waals surface area contributed by atoms with E-state index < -0.39 is 15.8 Å². The van der Waals surface area contributed by atoms with Crippen LogP contribution in [0.25, 0.3) is 0 Å². The number of benzene rings is 1. The molecule has 0 heterocycles. The molecular formula is C13H18FNO2S. The van der Waals surface area contributed by atoms with Gasteiger partial charge >= 0.3 is 0 Å². The van der Waals surface area contributed by atoms with Gasteiger partial charge in [-0.05, 0) is 36.0 Å². The molecule has 1 aliphatic carbocycles. The summed E-state index contributed by atoms with van der Waals surface area (Å²) in [6, 6.07) is 4.26. The van der Waals surface area contributed by atoms with E-state index >= 15 is 0 Å². The normalized spacial score (nSPS) is 16.9. The van der Waals surface area contributed by atoms with Gasteiger partial charge in [0.15, 0.2) is 0 Å². The second-order valence-electron chi connectivity index (χ2n) is 5.79. The summed E-state index contributed by atoms with van der Waals surface area (Å²) in [7, 11) is -3.74.